The monoisotopic (exact) mass is 290 g/mol. The fourth-order valence-electron chi connectivity index (χ4n) is 1.87. The number of aliphatic hydroxyl groups excluding tert-OH is 3. The molecule has 1 aliphatic heterocycles. The molecule has 20 heavy (non-hydrogen) atoms. The Morgan fingerprint density at radius 3 is 2.75 bits per heavy atom. The number of carbonyl (C=O) groups excluding carboxylic acids is 1. The lowest BCUT2D eigenvalue weighted by atomic mass is 9.97. The first-order valence-electron chi connectivity index (χ1n) is 6.03. The van der Waals surface area contributed by atoms with E-state index in [0.717, 1.165) is 0 Å². The predicted molar refractivity (Wildman–Crippen MR) is 65.3 cm³/mol. The lowest BCUT2D eigenvalue weighted by Crippen LogP contribution is -2.64. The molecule has 10 nitrogen and oxygen atoms in total. The van der Waals surface area contributed by atoms with Gasteiger partial charge in [0.25, 0.3) is 0 Å². The van der Waals surface area contributed by atoms with Crippen molar-refractivity contribution in [2.24, 2.45) is 5.11 Å². The van der Waals surface area contributed by atoms with Gasteiger partial charge in [0.1, 0.15) is 24.4 Å². The molecule has 0 bridgehead atoms. The van der Waals surface area contributed by atoms with Crippen molar-refractivity contribution < 1.29 is 29.6 Å². The van der Waals surface area contributed by atoms with Crippen molar-refractivity contribution in [3.05, 3.63) is 10.4 Å². The molecule has 1 heterocycles. The molecule has 1 aliphatic rings. The molecule has 0 spiro atoms. The van der Waals surface area contributed by atoms with E-state index < -0.39 is 43.2 Å². The number of nitrogens with one attached hydrogen (secondary N) is 1. The lowest BCUT2D eigenvalue weighted by molar-refractivity contribution is -0.269. The van der Waals surface area contributed by atoms with Crippen LogP contribution in [0.25, 0.3) is 10.4 Å². The largest absolute Gasteiger partial charge is 0.394 e. The van der Waals surface area contributed by atoms with Gasteiger partial charge in [-0.3, -0.25) is 4.79 Å². The highest BCUT2D eigenvalue weighted by Gasteiger charge is 2.45. The third-order valence-corrected chi connectivity index (χ3v) is 2.79. The SMILES string of the molecule is CC(=O)N[C@H]1[C@H](OCCN=[N+]=[N-])O[C@H](CO)[C@@H](O)[C@@H]1O. The summed E-state index contributed by atoms with van der Waals surface area (Å²) in [5.41, 5.74) is 8.14. The minimum absolute atomic E-state index is 0.00573. The Morgan fingerprint density at radius 2 is 2.20 bits per heavy atom. The van der Waals surface area contributed by atoms with Crippen molar-refractivity contribution in [2.45, 2.75) is 37.6 Å². The maximum absolute atomic E-state index is 11.1. The van der Waals surface area contributed by atoms with E-state index in [0.29, 0.717) is 0 Å². The minimum Gasteiger partial charge on any atom is -0.394 e. The fourth-order valence-corrected chi connectivity index (χ4v) is 1.87. The molecule has 1 saturated heterocycles. The Kier molecular flexibility index (Phi) is 6.65. The highest BCUT2D eigenvalue weighted by Crippen LogP contribution is 2.22. The Hall–Kier alpha value is -1.42. The van der Waals surface area contributed by atoms with Gasteiger partial charge in [0.2, 0.25) is 5.91 Å². The Morgan fingerprint density at radius 1 is 1.50 bits per heavy atom. The molecule has 0 aromatic carbocycles. The van der Waals surface area contributed by atoms with Gasteiger partial charge < -0.3 is 30.1 Å². The van der Waals surface area contributed by atoms with Crippen molar-refractivity contribution in [2.75, 3.05) is 19.8 Å². The van der Waals surface area contributed by atoms with Crippen LogP contribution in [-0.4, -0.2) is 71.6 Å². The number of hydrogen-bond acceptors (Lipinski definition) is 7. The molecule has 0 saturated carbocycles. The topological polar surface area (TPSA) is 157 Å². The lowest BCUT2D eigenvalue weighted by Gasteiger charge is -2.42. The van der Waals surface area contributed by atoms with E-state index in [9.17, 15) is 15.0 Å². The molecule has 1 amide bonds. The van der Waals surface area contributed by atoms with E-state index in [2.05, 4.69) is 15.3 Å². The zero-order valence-electron chi connectivity index (χ0n) is 10.9. The van der Waals surface area contributed by atoms with Gasteiger partial charge in [-0.25, -0.2) is 0 Å². The fraction of sp³-hybridized carbons (Fsp3) is 0.900. The maximum Gasteiger partial charge on any atom is 0.217 e. The van der Waals surface area contributed by atoms with Gasteiger partial charge in [0.05, 0.1) is 13.2 Å². The smallest absolute Gasteiger partial charge is 0.217 e. The number of amides is 1. The summed E-state index contributed by atoms with van der Waals surface area (Å²) < 4.78 is 10.5. The molecular formula is C10H18N4O6. The van der Waals surface area contributed by atoms with Crippen LogP contribution in [0, 0.1) is 0 Å². The van der Waals surface area contributed by atoms with E-state index in [-0.39, 0.29) is 13.2 Å². The molecule has 10 heteroatoms. The average molecular weight is 290 g/mol. The highest BCUT2D eigenvalue weighted by atomic mass is 16.7. The zero-order valence-corrected chi connectivity index (χ0v) is 10.9. The first-order valence-corrected chi connectivity index (χ1v) is 6.03. The Bertz CT molecular complexity index is 375. The van der Waals surface area contributed by atoms with Crippen LogP contribution in [-0.2, 0) is 14.3 Å². The molecule has 0 aliphatic carbocycles. The summed E-state index contributed by atoms with van der Waals surface area (Å²) in [6.07, 6.45) is -4.80. The summed E-state index contributed by atoms with van der Waals surface area (Å²) in [7, 11) is 0. The van der Waals surface area contributed by atoms with Gasteiger partial charge in [-0.15, -0.1) is 0 Å². The highest BCUT2D eigenvalue weighted by molar-refractivity contribution is 5.73. The van der Waals surface area contributed by atoms with Crippen LogP contribution >= 0.6 is 0 Å². The number of ether oxygens (including phenoxy) is 2. The number of carbonyl (C=O) groups is 1. The normalized spacial score (nSPS) is 33.3. The second kappa shape index (κ2) is 8.00. The third-order valence-electron chi connectivity index (χ3n) is 2.79. The molecular weight excluding hydrogens is 272 g/mol. The van der Waals surface area contributed by atoms with Crippen molar-refractivity contribution >= 4 is 5.91 Å². The molecule has 1 rings (SSSR count). The standard InChI is InChI=1S/C10H18N4O6/c1-5(16)13-7-9(18)8(17)6(4-15)20-10(7)19-3-2-12-14-11/h6-10,15,17-18H,2-4H2,1H3,(H,13,16)/t6-,7-,8-,9-,10-/m1/s1. The van der Waals surface area contributed by atoms with Crippen LogP contribution in [0.2, 0.25) is 0 Å². The molecule has 114 valence electrons. The van der Waals surface area contributed by atoms with Crippen LogP contribution in [0.15, 0.2) is 5.11 Å². The van der Waals surface area contributed by atoms with Crippen LogP contribution < -0.4 is 5.32 Å². The molecule has 5 atom stereocenters. The molecule has 4 N–H and O–H groups in total. The third kappa shape index (κ3) is 4.30. The van der Waals surface area contributed by atoms with E-state index in [1.54, 1.807) is 0 Å². The van der Waals surface area contributed by atoms with Crippen molar-refractivity contribution in [3.63, 3.8) is 0 Å². The van der Waals surface area contributed by atoms with Crippen molar-refractivity contribution in [1.29, 1.82) is 0 Å². The van der Waals surface area contributed by atoms with Crippen LogP contribution in [0.4, 0.5) is 0 Å². The van der Waals surface area contributed by atoms with Crippen molar-refractivity contribution in [1.82, 2.24) is 5.32 Å². The van der Waals surface area contributed by atoms with E-state index >= 15 is 0 Å². The Balaban J connectivity index is 2.72. The van der Waals surface area contributed by atoms with Gasteiger partial charge in [-0.2, -0.15) is 0 Å². The first-order chi connectivity index (χ1) is 9.51. The molecule has 0 aromatic heterocycles. The number of nitrogens with zero attached hydrogens (tertiary/aromatic N) is 3. The second-order valence-corrected chi connectivity index (χ2v) is 4.26. The number of aliphatic hydroxyl groups is 3. The van der Waals surface area contributed by atoms with Gasteiger partial charge >= 0.3 is 0 Å². The molecule has 0 aromatic rings. The van der Waals surface area contributed by atoms with Crippen LogP contribution in [0.3, 0.4) is 0 Å². The number of rotatable bonds is 6. The summed E-state index contributed by atoms with van der Waals surface area (Å²) in [6, 6.07) is -0.989. The second-order valence-electron chi connectivity index (χ2n) is 4.26. The quantitative estimate of drug-likeness (QED) is 0.197. The van der Waals surface area contributed by atoms with Crippen molar-refractivity contribution in [3.8, 4) is 0 Å². The van der Waals surface area contributed by atoms with Gasteiger partial charge in [0, 0.05) is 18.4 Å². The van der Waals surface area contributed by atoms with E-state index in [1.807, 2.05) is 0 Å². The maximum atomic E-state index is 11.1. The number of azide groups is 1. The molecule has 0 unspecified atom stereocenters. The van der Waals surface area contributed by atoms with Crippen LogP contribution in [0.1, 0.15) is 6.92 Å². The summed E-state index contributed by atoms with van der Waals surface area (Å²) in [5.74, 6) is -0.434. The zero-order chi connectivity index (χ0) is 15.1. The predicted octanol–water partition coefficient (Wildman–Crippen LogP) is -1.74. The summed E-state index contributed by atoms with van der Waals surface area (Å²) >= 11 is 0. The summed E-state index contributed by atoms with van der Waals surface area (Å²) in [4.78, 5) is 13.7. The molecule has 1 fully saturated rings. The number of hydrogen-bond donors (Lipinski definition) is 4. The summed E-state index contributed by atoms with van der Waals surface area (Å²) in [5, 5.41) is 34.4. The Labute approximate surface area is 114 Å². The summed E-state index contributed by atoms with van der Waals surface area (Å²) in [6.45, 7) is 0.785. The molecule has 0 radical (unpaired) electrons. The first kappa shape index (κ1) is 16.6. The van der Waals surface area contributed by atoms with E-state index in [4.69, 9.17) is 20.1 Å². The van der Waals surface area contributed by atoms with Gasteiger partial charge in [-0.05, 0) is 5.53 Å². The minimum atomic E-state index is -1.35. The van der Waals surface area contributed by atoms with Gasteiger partial charge in [0.15, 0.2) is 6.29 Å². The average Bonchev–Trinajstić information content (AvgIpc) is 2.41. The van der Waals surface area contributed by atoms with E-state index in [1.165, 1.54) is 6.92 Å². The van der Waals surface area contributed by atoms with Gasteiger partial charge in [-0.1, -0.05) is 5.11 Å². The van der Waals surface area contributed by atoms with Crippen LogP contribution in [0.5, 0.6) is 0 Å².